The van der Waals surface area contributed by atoms with Crippen molar-refractivity contribution in [3.63, 3.8) is 0 Å². The molecule has 0 aromatic heterocycles. The van der Waals surface area contributed by atoms with Crippen LogP contribution >= 0.6 is 0 Å². The van der Waals surface area contributed by atoms with Crippen molar-refractivity contribution in [3.05, 3.63) is 285 Å². The van der Waals surface area contributed by atoms with E-state index >= 15 is 0 Å². The monoisotopic (exact) mass is 1030 g/mol. The summed E-state index contributed by atoms with van der Waals surface area (Å²) >= 11 is 0. The largest absolute Gasteiger partial charge is 0.310 e. The fourth-order valence-electron chi connectivity index (χ4n) is 12.8. The Kier molecular flexibility index (Phi) is 11.7. The van der Waals surface area contributed by atoms with E-state index in [4.69, 9.17) is 0 Å². The van der Waals surface area contributed by atoms with E-state index in [1.807, 2.05) is 24.3 Å². The third-order valence-corrected chi connectivity index (χ3v) is 17.3. The summed E-state index contributed by atoms with van der Waals surface area (Å²) in [4.78, 5) is 4.43. The van der Waals surface area contributed by atoms with Gasteiger partial charge in [-0.3, -0.25) is 0 Å². The molecule has 0 amide bonds. The van der Waals surface area contributed by atoms with E-state index in [1.165, 1.54) is 124 Å². The number of aryl methyl sites for hydroxylation is 2. The van der Waals surface area contributed by atoms with Crippen LogP contribution in [0, 0.1) is 25.5 Å². The molecule has 386 valence electrons. The molecule has 0 spiro atoms. The van der Waals surface area contributed by atoms with Crippen LogP contribution in [-0.2, 0) is 16.2 Å². The average molecular weight is 1030 g/mol. The molecule has 79 heavy (non-hydrogen) atoms. The van der Waals surface area contributed by atoms with E-state index in [-0.39, 0.29) is 27.9 Å². The van der Waals surface area contributed by atoms with Gasteiger partial charge in [0.25, 0.3) is 0 Å². The molecule has 4 heteroatoms. The number of nitrogens with zero attached hydrogens (tertiary/aromatic N) is 2. The molecule has 3 aliphatic rings. The summed E-state index contributed by atoms with van der Waals surface area (Å²) in [7, 11) is 0. The Balaban J connectivity index is 0.729. The second kappa shape index (κ2) is 18.7. The normalized spacial score (nSPS) is 14.7. The van der Waals surface area contributed by atoms with Gasteiger partial charge >= 0.3 is 0 Å². The average Bonchev–Trinajstić information content (AvgIpc) is 4.06. The van der Waals surface area contributed by atoms with Gasteiger partial charge in [0.15, 0.2) is 0 Å². The summed E-state index contributed by atoms with van der Waals surface area (Å²) in [6.07, 6.45) is 9.02. The van der Waals surface area contributed by atoms with Crippen LogP contribution in [0.1, 0.15) is 108 Å². The van der Waals surface area contributed by atoms with Crippen molar-refractivity contribution in [2.24, 2.45) is 0 Å². The summed E-state index contributed by atoms with van der Waals surface area (Å²) in [5.41, 5.74) is 27.9. The predicted octanol–water partition coefficient (Wildman–Crippen LogP) is 20.8. The van der Waals surface area contributed by atoms with E-state index in [0.29, 0.717) is 0 Å². The highest BCUT2D eigenvalue weighted by molar-refractivity contribution is 5.90. The molecule has 0 saturated heterocycles. The Hall–Kier alpha value is -8.86. The van der Waals surface area contributed by atoms with Gasteiger partial charge in [-0.25, -0.2) is 8.78 Å². The molecule has 10 aromatic carbocycles. The quantitative estimate of drug-likeness (QED) is 0.126. The number of fused-ring (bicyclic) bond motifs is 9. The zero-order chi connectivity index (χ0) is 54.5. The summed E-state index contributed by atoms with van der Waals surface area (Å²) in [5, 5.41) is 0. The summed E-state index contributed by atoms with van der Waals surface area (Å²) in [6, 6.07) is 71.7. The molecule has 0 heterocycles. The van der Waals surface area contributed by atoms with Gasteiger partial charge < -0.3 is 9.80 Å². The molecule has 0 atom stereocenters. The molecule has 0 N–H and O–H groups in total. The lowest BCUT2D eigenvalue weighted by molar-refractivity contribution is 0.627. The minimum absolute atomic E-state index is 0.180. The van der Waals surface area contributed by atoms with Crippen LogP contribution in [0.2, 0.25) is 0 Å². The molecule has 0 fully saturated rings. The first-order valence-electron chi connectivity index (χ1n) is 27.5. The molecule has 10 aromatic rings. The van der Waals surface area contributed by atoms with Crippen LogP contribution in [0.15, 0.2) is 206 Å². The van der Waals surface area contributed by atoms with Gasteiger partial charge in [-0.1, -0.05) is 186 Å². The topological polar surface area (TPSA) is 6.48 Å². The molecule has 0 bridgehead atoms. The van der Waals surface area contributed by atoms with Gasteiger partial charge in [-0.05, 0) is 200 Å². The fraction of sp³-hybridized carbons (Fsp3) is 0.147. The highest BCUT2D eigenvalue weighted by Crippen LogP contribution is 2.54. The summed E-state index contributed by atoms with van der Waals surface area (Å²) in [6.45, 7) is 18.2. The van der Waals surface area contributed by atoms with E-state index in [2.05, 4.69) is 247 Å². The van der Waals surface area contributed by atoms with Gasteiger partial charge in [0.1, 0.15) is 11.6 Å². The zero-order valence-electron chi connectivity index (χ0n) is 46.1. The third kappa shape index (κ3) is 8.53. The van der Waals surface area contributed by atoms with Crippen molar-refractivity contribution in [1.29, 1.82) is 0 Å². The van der Waals surface area contributed by atoms with Crippen molar-refractivity contribution in [2.75, 3.05) is 9.80 Å². The van der Waals surface area contributed by atoms with Crippen molar-refractivity contribution in [2.45, 2.75) is 71.6 Å². The van der Waals surface area contributed by atoms with Gasteiger partial charge in [0, 0.05) is 50.4 Å². The van der Waals surface area contributed by atoms with E-state index < -0.39 is 0 Å². The maximum atomic E-state index is 14.1. The first kappa shape index (κ1) is 49.7. The summed E-state index contributed by atoms with van der Waals surface area (Å²) < 4.78 is 28.3. The Morgan fingerprint density at radius 2 is 0.481 bits per heavy atom. The number of anilines is 6. The van der Waals surface area contributed by atoms with E-state index in [1.54, 1.807) is 0 Å². The second-order valence-electron chi connectivity index (χ2n) is 23.5. The second-order valence-corrected chi connectivity index (χ2v) is 23.5. The minimum Gasteiger partial charge on any atom is -0.310 e. The molecule has 0 unspecified atom stereocenters. The third-order valence-electron chi connectivity index (χ3n) is 17.3. The van der Waals surface area contributed by atoms with Gasteiger partial charge in [0.05, 0.1) is 0 Å². The Bertz CT molecular complexity index is 3760. The SMILES string of the molecule is Cc1ccc(N(c2ccc(F)cc2)c2ccc3c(c2)C(C)(C)c2cc(C=Cc4ccc5c(c4)C(C)(C)c4cc(C=Cc6ccc7c(c6)C(C)(C)c6cc(N(c8ccc(C)cc8)c8ccc(F)cc8)ccc6-7)ccc4-5)ccc2-3)cc1. The van der Waals surface area contributed by atoms with Crippen LogP contribution in [-0.4, -0.2) is 0 Å². The molecule has 13 rings (SSSR count). The standard InChI is InChI=1S/C75H62F2N2/c1-47-9-25-55(26-10-47)78(57-29-21-53(76)22-30-57)59-33-39-65-63-37-19-51(43-69(63)74(5,6)71(65)45-59)15-13-49-17-35-61-62-36-18-50(42-68(62)73(3,4)67(61)41-49)14-16-52-20-38-64-66-40-34-60(46-72(66)75(7,8)70(64)44-52)79(56-27-11-48(2)12-28-56)58-31-23-54(77)24-32-58/h9-46H,1-8H3. The lowest BCUT2D eigenvalue weighted by Crippen LogP contribution is -2.16. The lowest BCUT2D eigenvalue weighted by atomic mass is 9.81. The van der Waals surface area contributed by atoms with Crippen LogP contribution < -0.4 is 9.80 Å². The van der Waals surface area contributed by atoms with Crippen LogP contribution in [0.25, 0.3) is 57.7 Å². The number of hydrogen-bond acceptors (Lipinski definition) is 2. The molecular weight excluding hydrogens is 967 g/mol. The van der Waals surface area contributed by atoms with Gasteiger partial charge in [-0.2, -0.15) is 0 Å². The molecule has 0 aliphatic heterocycles. The van der Waals surface area contributed by atoms with Crippen molar-refractivity contribution < 1.29 is 8.78 Å². The number of halogens is 2. The van der Waals surface area contributed by atoms with Crippen LogP contribution in [0.4, 0.5) is 42.9 Å². The Morgan fingerprint density at radius 1 is 0.266 bits per heavy atom. The van der Waals surface area contributed by atoms with Crippen LogP contribution in [0.3, 0.4) is 0 Å². The summed E-state index contributed by atoms with van der Waals surface area (Å²) in [5.74, 6) is -0.498. The zero-order valence-corrected chi connectivity index (χ0v) is 46.1. The van der Waals surface area contributed by atoms with Gasteiger partial charge in [-0.15, -0.1) is 0 Å². The Labute approximate surface area is 464 Å². The highest BCUT2D eigenvalue weighted by atomic mass is 19.1. The lowest BCUT2D eigenvalue weighted by Gasteiger charge is -2.28. The van der Waals surface area contributed by atoms with E-state index in [9.17, 15) is 8.78 Å². The van der Waals surface area contributed by atoms with Crippen molar-refractivity contribution in [3.8, 4) is 33.4 Å². The number of benzene rings is 10. The van der Waals surface area contributed by atoms with Crippen LogP contribution in [0.5, 0.6) is 0 Å². The first-order valence-corrected chi connectivity index (χ1v) is 27.5. The molecule has 2 nitrogen and oxygen atoms in total. The van der Waals surface area contributed by atoms with E-state index in [0.717, 1.165) is 34.1 Å². The minimum atomic E-state index is -0.249. The molecule has 3 aliphatic carbocycles. The smallest absolute Gasteiger partial charge is 0.123 e. The maximum Gasteiger partial charge on any atom is 0.123 e. The van der Waals surface area contributed by atoms with Crippen molar-refractivity contribution in [1.82, 2.24) is 0 Å². The van der Waals surface area contributed by atoms with Gasteiger partial charge in [0.2, 0.25) is 0 Å². The molecule has 0 saturated carbocycles. The maximum absolute atomic E-state index is 14.1. The molecular formula is C75H62F2N2. The number of rotatable bonds is 10. The Morgan fingerprint density at radius 3 is 0.747 bits per heavy atom. The van der Waals surface area contributed by atoms with Crippen molar-refractivity contribution >= 4 is 58.4 Å². The molecule has 0 radical (unpaired) electrons. The highest BCUT2D eigenvalue weighted by Gasteiger charge is 2.39. The predicted molar refractivity (Wildman–Crippen MR) is 329 cm³/mol. The first-order chi connectivity index (χ1) is 38.0. The fourth-order valence-corrected chi connectivity index (χ4v) is 12.8. The number of hydrogen-bond donors (Lipinski definition) is 0.